The molecule has 0 bridgehead atoms. The van der Waals surface area contributed by atoms with Gasteiger partial charge in [-0.25, -0.2) is 8.42 Å². The van der Waals surface area contributed by atoms with Gasteiger partial charge in [0.15, 0.2) is 0 Å². The van der Waals surface area contributed by atoms with Crippen LogP contribution in [0.25, 0.3) is 0 Å². The largest absolute Gasteiger partial charge is 0.405 e. The van der Waals surface area contributed by atoms with E-state index in [-0.39, 0.29) is 11.7 Å². The molecule has 0 atom stereocenters. The summed E-state index contributed by atoms with van der Waals surface area (Å²) in [5, 5.41) is 3.60. The summed E-state index contributed by atoms with van der Waals surface area (Å²) in [6.45, 7) is 5.02. The molecule has 1 heterocycles. The van der Waals surface area contributed by atoms with Crippen LogP contribution in [0.4, 0.5) is 5.82 Å². The van der Waals surface area contributed by atoms with Gasteiger partial charge < -0.3 is 10.5 Å². The van der Waals surface area contributed by atoms with Gasteiger partial charge in [0.2, 0.25) is 5.88 Å². The molecule has 1 aromatic rings. The van der Waals surface area contributed by atoms with Crippen LogP contribution >= 0.6 is 0 Å². The number of nitrogens with two attached hydrogens (primary N) is 1. The molecule has 2 N–H and O–H groups in total. The predicted molar refractivity (Wildman–Crippen MR) is 62.0 cm³/mol. The summed E-state index contributed by atoms with van der Waals surface area (Å²) in [7, 11) is -3.59. The molecular weight excluding hydrogens is 246 g/mol. The normalized spacial score (nSPS) is 12.5. The van der Waals surface area contributed by atoms with E-state index in [1.807, 2.05) is 0 Å². The molecule has 7 nitrogen and oxygen atoms in total. The van der Waals surface area contributed by atoms with E-state index in [1.54, 1.807) is 20.8 Å². The van der Waals surface area contributed by atoms with E-state index in [4.69, 9.17) is 10.5 Å². The zero-order valence-corrected chi connectivity index (χ0v) is 10.9. The summed E-state index contributed by atoms with van der Waals surface area (Å²) >= 11 is 0. The van der Waals surface area contributed by atoms with E-state index in [2.05, 4.69) is 5.10 Å². The average Bonchev–Trinajstić information content (AvgIpc) is 2.44. The van der Waals surface area contributed by atoms with Crippen molar-refractivity contribution >= 4 is 21.8 Å². The Kier molecular flexibility index (Phi) is 3.19. The van der Waals surface area contributed by atoms with Gasteiger partial charge in [-0.1, -0.05) is 0 Å². The van der Waals surface area contributed by atoms with Gasteiger partial charge >= 0.3 is 5.97 Å². The van der Waals surface area contributed by atoms with Gasteiger partial charge in [0.25, 0.3) is 10.0 Å². The predicted octanol–water partition coefficient (Wildman–Crippen LogP) is 0.225. The van der Waals surface area contributed by atoms with E-state index in [0.717, 1.165) is 6.26 Å². The third-order valence-electron chi connectivity index (χ3n) is 1.81. The summed E-state index contributed by atoms with van der Waals surface area (Å²) in [5.41, 5.74) is 4.74. The number of rotatable bonds is 2. The topological polar surface area (TPSA) is 104 Å². The molecular formula is C9H15N3O4S. The summed E-state index contributed by atoms with van der Waals surface area (Å²) in [5.74, 6) is -0.757. The first-order chi connectivity index (χ1) is 7.51. The van der Waals surface area contributed by atoms with Crippen molar-refractivity contribution < 1.29 is 17.9 Å². The van der Waals surface area contributed by atoms with Crippen molar-refractivity contribution in [1.29, 1.82) is 0 Å². The lowest BCUT2D eigenvalue weighted by Crippen LogP contribution is -2.25. The van der Waals surface area contributed by atoms with Crippen LogP contribution in [0, 0.1) is 5.41 Å². The van der Waals surface area contributed by atoms with E-state index in [1.165, 1.54) is 6.07 Å². The Bertz CT molecular complexity index is 539. The molecule has 1 rings (SSSR count). The van der Waals surface area contributed by atoms with Crippen molar-refractivity contribution in [3.05, 3.63) is 6.07 Å². The SMILES string of the molecule is CC(C)(C)C(=O)Oc1cc(N)n(S(C)(=O)=O)n1. The third-order valence-corrected chi connectivity index (χ3v) is 2.73. The first-order valence-electron chi connectivity index (χ1n) is 4.80. The molecule has 0 unspecified atom stereocenters. The van der Waals surface area contributed by atoms with Crippen LogP contribution in [0.15, 0.2) is 6.07 Å². The Labute approximate surface area is 99.6 Å². The van der Waals surface area contributed by atoms with Crippen molar-refractivity contribution in [2.24, 2.45) is 5.41 Å². The van der Waals surface area contributed by atoms with Crippen LogP contribution in [0.2, 0.25) is 0 Å². The highest BCUT2D eigenvalue weighted by Gasteiger charge is 2.25. The van der Waals surface area contributed by atoms with Gasteiger partial charge in [-0.15, -0.1) is 9.19 Å². The standard InChI is InChI=1S/C9H15N3O4S/c1-9(2,3)8(13)16-7-5-6(10)12(11-7)17(4,14)15/h5H,10H2,1-4H3. The molecule has 0 aliphatic heterocycles. The van der Waals surface area contributed by atoms with Gasteiger partial charge in [0.05, 0.1) is 11.7 Å². The Morgan fingerprint density at radius 1 is 1.47 bits per heavy atom. The number of carbonyl (C=O) groups is 1. The maximum Gasteiger partial charge on any atom is 0.317 e. The number of anilines is 1. The monoisotopic (exact) mass is 261 g/mol. The molecule has 1 aromatic heterocycles. The van der Waals surface area contributed by atoms with E-state index in [9.17, 15) is 13.2 Å². The molecule has 0 aromatic carbocycles. The Morgan fingerprint density at radius 3 is 2.35 bits per heavy atom. The van der Waals surface area contributed by atoms with E-state index >= 15 is 0 Å². The van der Waals surface area contributed by atoms with Crippen LogP contribution in [0.1, 0.15) is 20.8 Å². The zero-order valence-electron chi connectivity index (χ0n) is 10.1. The maximum absolute atomic E-state index is 11.5. The zero-order chi connectivity index (χ0) is 13.4. The van der Waals surface area contributed by atoms with Crippen LogP contribution in [0.3, 0.4) is 0 Å². The number of carbonyl (C=O) groups excluding carboxylic acids is 1. The van der Waals surface area contributed by atoms with Crippen molar-refractivity contribution in [3.8, 4) is 5.88 Å². The molecule has 96 valence electrons. The molecule has 0 spiro atoms. The van der Waals surface area contributed by atoms with Gasteiger partial charge in [-0.05, 0) is 20.8 Å². The molecule has 0 saturated heterocycles. The lowest BCUT2D eigenvalue weighted by Gasteiger charge is -2.14. The van der Waals surface area contributed by atoms with Crippen molar-refractivity contribution in [1.82, 2.24) is 9.19 Å². The number of nitrogens with zero attached hydrogens (tertiary/aromatic N) is 2. The van der Waals surface area contributed by atoms with Gasteiger partial charge in [0, 0.05) is 6.07 Å². The highest BCUT2D eigenvalue weighted by molar-refractivity contribution is 7.89. The quantitative estimate of drug-likeness (QED) is 0.764. The summed E-state index contributed by atoms with van der Waals surface area (Å²) in [4.78, 5) is 11.5. The highest BCUT2D eigenvalue weighted by atomic mass is 32.2. The summed E-state index contributed by atoms with van der Waals surface area (Å²) in [6.07, 6.45) is 0.950. The minimum Gasteiger partial charge on any atom is -0.405 e. The van der Waals surface area contributed by atoms with E-state index < -0.39 is 21.4 Å². The first kappa shape index (κ1) is 13.5. The molecule has 8 heteroatoms. The number of hydrogen-bond acceptors (Lipinski definition) is 6. The fraction of sp³-hybridized carbons (Fsp3) is 0.556. The lowest BCUT2D eigenvalue weighted by molar-refractivity contribution is -0.143. The van der Waals surface area contributed by atoms with Gasteiger partial charge in [-0.2, -0.15) is 0 Å². The second-order valence-corrected chi connectivity index (χ2v) is 6.46. The molecule has 0 radical (unpaired) electrons. The van der Waals surface area contributed by atoms with Crippen LogP contribution in [-0.2, 0) is 14.8 Å². The van der Waals surface area contributed by atoms with Crippen molar-refractivity contribution in [2.45, 2.75) is 20.8 Å². The summed E-state index contributed by atoms with van der Waals surface area (Å²) in [6, 6.07) is 1.19. The fourth-order valence-electron chi connectivity index (χ4n) is 0.921. The Balaban J connectivity index is 3.01. The van der Waals surface area contributed by atoms with Gasteiger partial charge in [0.1, 0.15) is 5.82 Å². The molecule has 0 saturated carbocycles. The second kappa shape index (κ2) is 4.02. The summed E-state index contributed by atoms with van der Waals surface area (Å²) < 4.78 is 28.0. The Morgan fingerprint density at radius 2 is 2.00 bits per heavy atom. The number of nitrogen functional groups attached to an aromatic ring is 1. The highest BCUT2D eigenvalue weighted by Crippen LogP contribution is 2.20. The van der Waals surface area contributed by atoms with Gasteiger partial charge in [-0.3, -0.25) is 4.79 Å². The number of esters is 1. The minimum atomic E-state index is -3.59. The number of hydrogen-bond donors (Lipinski definition) is 1. The molecule has 0 aliphatic carbocycles. The van der Waals surface area contributed by atoms with Crippen LogP contribution in [-0.4, -0.2) is 29.8 Å². The fourth-order valence-corrected chi connectivity index (χ4v) is 1.59. The first-order valence-corrected chi connectivity index (χ1v) is 6.65. The number of aromatic nitrogens is 2. The third kappa shape index (κ3) is 3.19. The average molecular weight is 261 g/mol. The molecule has 0 aliphatic rings. The van der Waals surface area contributed by atoms with Crippen molar-refractivity contribution in [3.63, 3.8) is 0 Å². The maximum atomic E-state index is 11.5. The smallest absolute Gasteiger partial charge is 0.317 e. The van der Waals surface area contributed by atoms with E-state index in [0.29, 0.717) is 4.09 Å². The lowest BCUT2D eigenvalue weighted by atomic mass is 9.97. The van der Waals surface area contributed by atoms with Crippen LogP contribution in [0.5, 0.6) is 5.88 Å². The Hall–Kier alpha value is -1.57. The molecule has 17 heavy (non-hydrogen) atoms. The molecule has 0 fully saturated rings. The van der Waals surface area contributed by atoms with Crippen molar-refractivity contribution in [2.75, 3.05) is 12.0 Å². The minimum absolute atomic E-state index is 0.107. The molecule has 0 amide bonds. The second-order valence-electron chi connectivity index (χ2n) is 4.65. The van der Waals surface area contributed by atoms with Crippen LogP contribution < -0.4 is 10.5 Å². The number of ether oxygens (including phenoxy) is 1.